The molecule has 0 spiro atoms. The summed E-state index contributed by atoms with van der Waals surface area (Å²) in [6.07, 6.45) is 3.61. The van der Waals surface area contributed by atoms with Gasteiger partial charge in [-0.25, -0.2) is 4.85 Å². The van der Waals surface area contributed by atoms with Crippen molar-refractivity contribution in [1.29, 1.82) is 0 Å². The number of benzene rings is 1. The number of aliphatic hydroxyl groups is 1. The molecule has 0 fully saturated rings. The van der Waals surface area contributed by atoms with Crippen molar-refractivity contribution in [2.75, 3.05) is 0 Å². The number of hydrogen-bond donors (Lipinski definition) is 1. The van der Waals surface area contributed by atoms with Gasteiger partial charge in [0, 0.05) is 12.6 Å². The summed E-state index contributed by atoms with van der Waals surface area (Å²) < 4.78 is 1.57. The highest BCUT2D eigenvalue weighted by atomic mass is 16.3. The van der Waals surface area contributed by atoms with Gasteiger partial charge in [0.1, 0.15) is 5.60 Å². The number of aromatic nitrogens is 2. The zero-order chi connectivity index (χ0) is 16.3. The third kappa shape index (κ3) is 3.60. The van der Waals surface area contributed by atoms with Crippen LogP contribution in [0.3, 0.4) is 0 Å². The van der Waals surface area contributed by atoms with E-state index >= 15 is 0 Å². The molecule has 2 aromatic rings. The molecule has 0 amide bonds. The largest absolute Gasteiger partial charge is 0.380 e. The van der Waals surface area contributed by atoms with Crippen molar-refractivity contribution in [3.05, 3.63) is 58.7 Å². The molecule has 0 saturated carbocycles. The maximum atomic E-state index is 12.4. The average Bonchev–Trinajstić information content (AvgIpc) is 2.83. The first-order valence-electron chi connectivity index (χ1n) is 7.03. The zero-order valence-electron chi connectivity index (χ0n) is 13.0. The molecule has 0 aliphatic carbocycles. The first-order valence-corrected chi connectivity index (χ1v) is 7.03. The Kier molecular flexibility index (Phi) is 4.43. The van der Waals surface area contributed by atoms with Crippen molar-refractivity contribution in [2.24, 2.45) is 0 Å². The van der Waals surface area contributed by atoms with Gasteiger partial charge in [-0.1, -0.05) is 18.2 Å². The van der Waals surface area contributed by atoms with Gasteiger partial charge in [-0.05, 0) is 37.5 Å². The van der Waals surface area contributed by atoms with Crippen molar-refractivity contribution >= 4 is 11.5 Å². The number of Topliss-reactive ketones (excluding diaryl/α,β-unsaturated/α-hetero) is 1. The number of hydrogen-bond acceptors (Lipinski definition) is 3. The van der Waals surface area contributed by atoms with Gasteiger partial charge in [-0.3, -0.25) is 9.48 Å². The molecule has 0 bridgehead atoms. The summed E-state index contributed by atoms with van der Waals surface area (Å²) in [7, 11) is 0. The van der Waals surface area contributed by atoms with Crippen LogP contribution in [0.15, 0.2) is 30.6 Å². The first-order chi connectivity index (χ1) is 10.3. The second-order valence-electron chi connectivity index (χ2n) is 5.82. The highest BCUT2D eigenvalue weighted by Gasteiger charge is 2.30. The van der Waals surface area contributed by atoms with Gasteiger partial charge in [0.05, 0.1) is 19.3 Å². The monoisotopic (exact) mass is 297 g/mol. The van der Waals surface area contributed by atoms with E-state index in [9.17, 15) is 9.90 Å². The molecule has 22 heavy (non-hydrogen) atoms. The van der Waals surface area contributed by atoms with Crippen LogP contribution in [0.2, 0.25) is 0 Å². The van der Waals surface area contributed by atoms with E-state index in [4.69, 9.17) is 6.57 Å². The molecule has 2 rings (SSSR count). The maximum absolute atomic E-state index is 12.4. The van der Waals surface area contributed by atoms with Gasteiger partial charge >= 0.3 is 0 Å². The van der Waals surface area contributed by atoms with Crippen LogP contribution in [0.5, 0.6) is 0 Å². The van der Waals surface area contributed by atoms with Crippen molar-refractivity contribution in [3.8, 4) is 0 Å². The molecule has 114 valence electrons. The van der Waals surface area contributed by atoms with Gasteiger partial charge in [-0.15, -0.1) is 0 Å². The molecule has 1 N–H and O–H groups in total. The fraction of sp³-hybridized carbons (Fsp3) is 0.353. The lowest BCUT2D eigenvalue weighted by atomic mass is 9.94. The molecule has 1 heterocycles. The Hall–Kier alpha value is -2.45. The van der Waals surface area contributed by atoms with Crippen LogP contribution in [0.4, 0.5) is 5.69 Å². The lowest BCUT2D eigenvalue weighted by Crippen LogP contribution is -2.40. The first kappa shape index (κ1) is 15.9. The summed E-state index contributed by atoms with van der Waals surface area (Å²) in [5.41, 5.74) is 1.71. The highest BCUT2D eigenvalue weighted by molar-refractivity contribution is 5.88. The van der Waals surface area contributed by atoms with Crippen LogP contribution in [0.25, 0.3) is 4.85 Å². The number of carbonyl (C=O) groups excluding carboxylic acids is 1. The highest BCUT2D eigenvalue weighted by Crippen LogP contribution is 2.21. The average molecular weight is 297 g/mol. The summed E-state index contributed by atoms with van der Waals surface area (Å²) in [5.74, 6) is -0.268. The molecule has 1 aromatic heterocycles. The molecule has 5 heteroatoms. The number of ketones is 1. The van der Waals surface area contributed by atoms with Crippen LogP contribution in [-0.2, 0) is 17.8 Å². The fourth-order valence-corrected chi connectivity index (χ4v) is 2.29. The van der Waals surface area contributed by atoms with Crippen molar-refractivity contribution in [3.63, 3.8) is 0 Å². The van der Waals surface area contributed by atoms with E-state index in [1.807, 2.05) is 19.9 Å². The molecule has 0 saturated heterocycles. The zero-order valence-corrected chi connectivity index (χ0v) is 13.0. The summed E-state index contributed by atoms with van der Waals surface area (Å²) >= 11 is 0. The second kappa shape index (κ2) is 6.12. The summed E-state index contributed by atoms with van der Waals surface area (Å²) in [4.78, 5) is 15.8. The Morgan fingerprint density at radius 1 is 1.45 bits per heavy atom. The number of rotatable bonds is 5. The Morgan fingerprint density at radius 3 is 2.73 bits per heavy atom. The van der Waals surface area contributed by atoms with Crippen LogP contribution in [0, 0.1) is 20.4 Å². The number of nitrogens with zero attached hydrogens (tertiary/aromatic N) is 3. The van der Waals surface area contributed by atoms with Gasteiger partial charge in [-0.2, -0.15) is 5.10 Å². The van der Waals surface area contributed by atoms with E-state index < -0.39 is 5.60 Å². The Labute approximate surface area is 130 Å². The molecule has 0 aliphatic rings. The predicted molar refractivity (Wildman–Crippen MR) is 83.7 cm³/mol. The molecule has 0 unspecified atom stereocenters. The standard InChI is InChI=1S/C17H19N3O2/c1-12-9-19-20(10-12)11-17(3,22)16(21)8-14-5-6-15(18-4)13(2)7-14/h5-7,9-10,22H,8,11H2,1-3H3/t17-/m0/s1. The quantitative estimate of drug-likeness (QED) is 0.863. The third-order valence-corrected chi connectivity index (χ3v) is 3.58. The van der Waals surface area contributed by atoms with E-state index in [0.29, 0.717) is 5.69 Å². The summed E-state index contributed by atoms with van der Waals surface area (Å²) in [5, 5.41) is 14.5. The molecular weight excluding hydrogens is 278 g/mol. The molecule has 1 atom stereocenters. The van der Waals surface area contributed by atoms with Crippen LogP contribution >= 0.6 is 0 Å². The number of aryl methyl sites for hydroxylation is 2. The molecule has 1 aromatic carbocycles. The van der Waals surface area contributed by atoms with Gasteiger partial charge in [0.15, 0.2) is 11.5 Å². The van der Waals surface area contributed by atoms with Crippen LogP contribution in [-0.4, -0.2) is 26.3 Å². The van der Waals surface area contributed by atoms with Gasteiger partial charge < -0.3 is 5.11 Å². The summed E-state index contributed by atoms with van der Waals surface area (Å²) in [6, 6.07) is 5.28. The lowest BCUT2D eigenvalue weighted by Gasteiger charge is -2.22. The van der Waals surface area contributed by atoms with Crippen molar-refractivity contribution < 1.29 is 9.90 Å². The van der Waals surface area contributed by atoms with E-state index in [2.05, 4.69) is 9.94 Å². The number of carbonyl (C=O) groups is 1. The Bertz CT molecular complexity index is 739. The Morgan fingerprint density at radius 2 is 2.18 bits per heavy atom. The van der Waals surface area contributed by atoms with Gasteiger partial charge in [0.25, 0.3) is 0 Å². The predicted octanol–water partition coefficient (Wildman–Crippen LogP) is 2.61. The van der Waals surface area contributed by atoms with Crippen molar-refractivity contribution in [2.45, 2.75) is 39.3 Å². The minimum atomic E-state index is -1.48. The normalized spacial score (nSPS) is 13.4. The summed E-state index contributed by atoms with van der Waals surface area (Å²) in [6.45, 7) is 12.4. The van der Waals surface area contributed by atoms with Gasteiger partial charge in [0.2, 0.25) is 0 Å². The lowest BCUT2D eigenvalue weighted by molar-refractivity contribution is -0.136. The topological polar surface area (TPSA) is 59.5 Å². The minimum Gasteiger partial charge on any atom is -0.380 e. The van der Waals surface area contributed by atoms with Crippen LogP contribution in [0.1, 0.15) is 23.6 Å². The second-order valence-corrected chi connectivity index (χ2v) is 5.82. The molecule has 0 radical (unpaired) electrons. The van der Waals surface area contributed by atoms with E-state index in [1.165, 1.54) is 6.92 Å². The molecule has 0 aliphatic heterocycles. The van der Waals surface area contributed by atoms with E-state index in [0.717, 1.165) is 16.7 Å². The van der Waals surface area contributed by atoms with Crippen LogP contribution < -0.4 is 0 Å². The third-order valence-electron chi connectivity index (χ3n) is 3.58. The smallest absolute Gasteiger partial charge is 0.190 e. The maximum Gasteiger partial charge on any atom is 0.190 e. The SMILES string of the molecule is [C-]#[N+]c1ccc(CC(=O)[C@@](C)(O)Cn2cc(C)cn2)cc1C. The molecular formula is C17H19N3O2. The van der Waals surface area contributed by atoms with E-state index in [-0.39, 0.29) is 18.7 Å². The van der Waals surface area contributed by atoms with E-state index in [1.54, 1.807) is 29.2 Å². The minimum absolute atomic E-state index is 0.124. The Balaban J connectivity index is 2.10. The fourth-order valence-electron chi connectivity index (χ4n) is 2.29. The molecule has 5 nitrogen and oxygen atoms in total. The van der Waals surface area contributed by atoms with Crippen molar-refractivity contribution in [1.82, 2.24) is 9.78 Å².